The summed E-state index contributed by atoms with van der Waals surface area (Å²) in [6.45, 7) is 6.91. The van der Waals surface area contributed by atoms with E-state index in [1.54, 1.807) is 44.4 Å². The van der Waals surface area contributed by atoms with Crippen LogP contribution < -0.4 is 29.1 Å². The molecule has 4 rings (SSSR count). The van der Waals surface area contributed by atoms with Crippen LogP contribution in [0.2, 0.25) is 0 Å². The first-order chi connectivity index (χ1) is 20.8. The molecule has 1 aliphatic rings. The average Bonchev–Trinajstić information content (AvgIpc) is 3.30. The highest BCUT2D eigenvalue weighted by Gasteiger charge is 2.34. The number of rotatable bonds is 14. The molecule has 1 unspecified atom stereocenters. The van der Waals surface area contributed by atoms with E-state index >= 15 is 0 Å². The van der Waals surface area contributed by atoms with Gasteiger partial charge >= 0.3 is 5.97 Å². The van der Waals surface area contributed by atoms with E-state index in [1.165, 1.54) is 29.1 Å². The first-order valence-corrected chi connectivity index (χ1v) is 15.1. The molecule has 0 saturated heterocycles. The summed E-state index contributed by atoms with van der Waals surface area (Å²) in [6.07, 6.45) is 4.78. The van der Waals surface area contributed by atoms with E-state index in [4.69, 9.17) is 23.7 Å². The maximum absolute atomic E-state index is 14.0. The van der Waals surface area contributed by atoms with Crippen molar-refractivity contribution < 1.29 is 33.6 Å². The van der Waals surface area contributed by atoms with Crippen LogP contribution in [-0.2, 0) is 14.3 Å². The fraction of sp³-hybridized carbons (Fsp3) is 0.406. The first kappa shape index (κ1) is 31.8. The number of aromatic nitrogens is 1. The molecule has 11 heteroatoms. The molecule has 43 heavy (non-hydrogen) atoms. The number of esters is 1. The fourth-order valence-electron chi connectivity index (χ4n) is 4.74. The summed E-state index contributed by atoms with van der Waals surface area (Å²) in [6, 6.07) is 9.47. The molecular weight excluding hydrogens is 572 g/mol. The zero-order chi connectivity index (χ0) is 30.9. The minimum atomic E-state index is -0.824. The summed E-state index contributed by atoms with van der Waals surface area (Å²) in [5.74, 6) is 0.821. The highest BCUT2D eigenvalue weighted by atomic mass is 32.1. The van der Waals surface area contributed by atoms with Crippen LogP contribution in [0.1, 0.15) is 57.2 Å². The molecule has 1 N–H and O–H groups in total. The third-order valence-electron chi connectivity index (χ3n) is 6.85. The molecule has 0 fully saturated rings. The quantitative estimate of drug-likeness (QED) is 0.214. The summed E-state index contributed by atoms with van der Waals surface area (Å²) >= 11 is 1.21. The number of allylic oxidation sites excluding steroid dienone is 1. The average molecular weight is 611 g/mol. The number of aromatic hydroxyl groups is 1. The zero-order valence-corrected chi connectivity index (χ0v) is 26.0. The lowest BCUT2D eigenvalue weighted by atomic mass is 9.95. The van der Waals surface area contributed by atoms with E-state index < -0.39 is 12.0 Å². The smallest absolute Gasteiger partial charge is 0.338 e. The Morgan fingerprint density at radius 1 is 1.02 bits per heavy atom. The van der Waals surface area contributed by atoms with Crippen LogP contribution in [-0.4, -0.2) is 56.3 Å². The van der Waals surface area contributed by atoms with Crippen LogP contribution in [0.25, 0.3) is 6.08 Å². The van der Waals surface area contributed by atoms with Gasteiger partial charge in [0.05, 0.1) is 48.8 Å². The van der Waals surface area contributed by atoms with Gasteiger partial charge in [0.2, 0.25) is 0 Å². The number of carbonyl (C=O) groups is 1. The van der Waals surface area contributed by atoms with Gasteiger partial charge in [-0.05, 0) is 61.7 Å². The highest BCUT2D eigenvalue weighted by Crippen LogP contribution is 2.36. The van der Waals surface area contributed by atoms with E-state index in [1.807, 2.05) is 13.0 Å². The van der Waals surface area contributed by atoms with Crippen molar-refractivity contribution in [3.63, 3.8) is 0 Å². The van der Waals surface area contributed by atoms with E-state index in [0.717, 1.165) is 19.3 Å². The number of phenols is 1. The molecule has 0 spiro atoms. The zero-order valence-electron chi connectivity index (χ0n) is 25.2. The Morgan fingerprint density at radius 3 is 2.56 bits per heavy atom. The molecule has 230 valence electrons. The maximum Gasteiger partial charge on any atom is 0.338 e. The molecule has 0 saturated carbocycles. The molecule has 2 heterocycles. The SMILES string of the molecule is CCCCCOc1ccc(C2C(C(=O)OCCOC)=C(C)N=c3sc(=Cc4ccc(O)c(OCC)c4)c(=O)n32)cc1OC. The van der Waals surface area contributed by atoms with Crippen LogP contribution in [0.5, 0.6) is 23.0 Å². The third kappa shape index (κ3) is 7.29. The Labute approximate surface area is 254 Å². The Hall–Kier alpha value is -4.09. The lowest BCUT2D eigenvalue weighted by Gasteiger charge is -2.25. The van der Waals surface area contributed by atoms with E-state index in [0.29, 0.717) is 56.6 Å². The van der Waals surface area contributed by atoms with Crippen molar-refractivity contribution in [3.05, 3.63) is 78.5 Å². The molecular formula is C32H38N2O8S. The van der Waals surface area contributed by atoms with Crippen LogP contribution in [0.15, 0.2) is 57.5 Å². The number of phenolic OH excluding ortho intramolecular Hbond substituents is 1. The fourth-order valence-corrected chi connectivity index (χ4v) is 5.79. The van der Waals surface area contributed by atoms with Crippen molar-refractivity contribution in [1.82, 2.24) is 4.57 Å². The molecule has 0 bridgehead atoms. The van der Waals surface area contributed by atoms with Gasteiger partial charge in [-0.25, -0.2) is 9.79 Å². The second-order valence-corrected chi connectivity index (χ2v) is 10.8. The van der Waals surface area contributed by atoms with Gasteiger partial charge in [-0.2, -0.15) is 0 Å². The standard InChI is InChI=1S/C32H38N2O8S/c1-6-8-9-14-41-24-13-11-22(19-26(24)39-5)29-28(31(37)42-16-15-38-4)20(3)33-32-34(29)30(36)27(43-32)18-21-10-12-23(35)25(17-21)40-7-2/h10-13,17-19,29,35H,6-9,14-16H2,1-5H3. The number of nitrogens with zero attached hydrogens (tertiary/aromatic N) is 2. The lowest BCUT2D eigenvalue weighted by molar-refractivity contribution is -0.140. The van der Waals surface area contributed by atoms with E-state index in [2.05, 4.69) is 11.9 Å². The monoisotopic (exact) mass is 610 g/mol. The molecule has 2 aromatic carbocycles. The topological polar surface area (TPSA) is 118 Å². The number of thiazole rings is 1. The highest BCUT2D eigenvalue weighted by molar-refractivity contribution is 7.07. The number of fused-ring (bicyclic) bond motifs is 1. The summed E-state index contributed by atoms with van der Waals surface area (Å²) in [4.78, 5) is 32.5. The Balaban J connectivity index is 1.84. The van der Waals surface area contributed by atoms with Crippen LogP contribution in [0, 0.1) is 0 Å². The van der Waals surface area contributed by atoms with Gasteiger partial charge in [0.25, 0.3) is 5.56 Å². The first-order valence-electron chi connectivity index (χ1n) is 14.3. The van der Waals surface area contributed by atoms with Crippen molar-refractivity contribution in [2.24, 2.45) is 4.99 Å². The molecule has 1 atom stereocenters. The Bertz CT molecular complexity index is 1660. The van der Waals surface area contributed by atoms with Gasteiger partial charge in [0.15, 0.2) is 27.8 Å². The summed E-state index contributed by atoms with van der Waals surface area (Å²) < 4.78 is 29.6. The van der Waals surface area contributed by atoms with Gasteiger partial charge in [-0.15, -0.1) is 0 Å². The van der Waals surface area contributed by atoms with Crippen molar-refractivity contribution in [2.45, 2.75) is 46.1 Å². The van der Waals surface area contributed by atoms with Gasteiger partial charge in [0, 0.05) is 7.11 Å². The summed E-state index contributed by atoms with van der Waals surface area (Å²) in [5, 5.41) is 10.1. The molecule has 0 aliphatic carbocycles. The molecule has 0 radical (unpaired) electrons. The van der Waals surface area contributed by atoms with Gasteiger partial charge in [0.1, 0.15) is 6.61 Å². The van der Waals surface area contributed by atoms with Crippen molar-refractivity contribution in [3.8, 4) is 23.0 Å². The minimum Gasteiger partial charge on any atom is -0.504 e. The van der Waals surface area contributed by atoms with E-state index in [-0.39, 0.29) is 30.1 Å². The van der Waals surface area contributed by atoms with Crippen molar-refractivity contribution in [2.75, 3.05) is 40.6 Å². The summed E-state index contributed by atoms with van der Waals surface area (Å²) in [5.41, 5.74) is 1.68. The van der Waals surface area contributed by atoms with E-state index in [9.17, 15) is 14.7 Å². The number of ether oxygens (including phenoxy) is 5. The normalized spacial score (nSPS) is 14.7. The Kier molecular flexibility index (Phi) is 11.0. The number of carbonyl (C=O) groups excluding carboxylic acids is 1. The number of hydrogen-bond acceptors (Lipinski definition) is 10. The molecule has 10 nitrogen and oxygen atoms in total. The predicted octanol–water partition coefficient (Wildman–Crippen LogP) is 4.11. The van der Waals surface area contributed by atoms with Gasteiger partial charge in [-0.1, -0.05) is 43.2 Å². The number of hydrogen-bond donors (Lipinski definition) is 1. The minimum absolute atomic E-state index is 0.0134. The van der Waals surface area contributed by atoms with Crippen LogP contribution in [0.3, 0.4) is 0 Å². The third-order valence-corrected chi connectivity index (χ3v) is 7.84. The lowest BCUT2D eigenvalue weighted by Crippen LogP contribution is -2.40. The largest absolute Gasteiger partial charge is 0.504 e. The van der Waals surface area contributed by atoms with Crippen LogP contribution >= 0.6 is 11.3 Å². The summed E-state index contributed by atoms with van der Waals surface area (Å²) in [7, 11) is 3.08. The number of unbranched alkanes of at least 4 members (excludes halogenated alkanes) is 2. The van der Waals surface area contributed by atoms with Gasteiger partial charge < -0.3 is 28.8 Å². The number of methoxy groups -OCH3 is 2. The molecule has 0 amide bonds. The molecule has 1 aliphatic heterocycles. The molecule has 1 aromatic heterocycles. The second kappa shape index (κ2) is 14.9. The Morgan fingerprint density at radius 2 is 1.84 bits per heavy atom. The van der Waals surface area contributed by atoms with Gasteiger partial charge in [-0.3, -0.25) is 9.36 Å². The number of benzene rings is 2. The van der Waals surface area contributed by atoms with Crippen molar-refractivity contribution >= 4 is 23.4 Å². The second-order valence-electron chi connectivity index (χ2n) is 9.84. The van der Waals surface area contributed by atoms with Crippen molar-refractivity contribution in [1.29, 1.82) is 0 Å². The predicted molar refractivity (Wildman–Crippen MR) is 164 cm³/mol. The van der Waals surface area contributed by atoms with Crippen LogP contribution in [0.4, 0.5) is 0 Å². The maximum atomic E-state index is 14.0. The molecule has 3 aromatic rings.